The molecule has 1 N–H and O–H groups in total. The minimum Gasteiger partial charge on any atom is -0.305 e. The molecule has 0 fully saturated rings. The zero-order valence-corrected chi connectivity index (χ0v) is 16.4. The summed E-state index contributed by atoms with van der Waals surface area (Å²) < 4.78 is 1.82. The minimum atomic E-state index is -0.278. The molecule has 1 amide bonds. The molecule has 3 aromatic heterocycles. The summed E-state index contributed by atoms with van der Waals surface area (Å²) >= 11 is 19.3. The molecule has 0 aliphatic rings. The fourth-order valence-electron chi connectivity index (χ4n) is 2.26. The Hall–Kier alpha value is -1.60. The molecule has 0 saturated carbocycles. The first kappa shape index (κ1) is 18.2. The van der Waals surface area contributed by atoms with Crippen molar-refractivity contribution in [2.45, 2.75) is 20.4 Å². The Balaban J connectivity index is 1.74. The number of nitrogens with one attached hydrogen (secondary N) is 1. The number of thiophene rings is 1. The monoisotopic (exact) mass is 414 g/mol. The molecule has 130 valence electrons. The van der Waals surface area contributed by atoms with Gasteiger partial charge in [0, 0.05) is 6.20 Å². The van der Waals surface area contributed by atoms with Gasteiger partial charge in [0.25, 0.3) is 5.91 Å². The summed E-state index contributed by atoms with van der Waals surface area (Å²) in [5, 5.41) is 10.3. The van der Waals surface area contributed by atoms with E-state index in [1.165, 1.54) is 23.6 Å². The first-order chi connectivity index (χ1) is 11.8. The molecule has 0 radical (unpaired) electrons. The van der Waals surface area contributed by atoms with Crippen LogP contribution in [0.5, 0.6) is 0 Å². The molecule has 25 heavy (non-hydrogen) atoms. The van der Waals surface area contributed by atoms with Gasteiger partial charge in [0.1, 0.15) is 0 Å². The predicted octanol–water partition coefficient (Wildman–Crippen LogP) is 5.22. The number of anilines is 1. The first-order valence-corrected chi connectivity index (χ1v) is 9.26. The van der Waals surface area contributed by atoms with Crippen molar-refractivity contribution >= 4 is 57.9 Å². The van der Waals surface area contributed by atoms with Crippen molar-refractivity contribution in [3.8, 4) is 0 Å². The highest BCUT2D eigenvalue weighted by molar-refractivity contribution is 7.12. The van der Waals surface area contributed by atoms with Crippen LogP contribution in [0.3, 0.4) is 0 Å². The molecule has 9 heteroatoms. The lowest BCUT2D eigenvalue weighted by Gasteiger charge is -2.05. The normalized spacial score (nSPS) is 10.9. The lowest BCUT2D eigenvalue weighted by molar-refractivity contribution is 0.103. The summed E-state index contributed by atoms with van der Waals surface area (Å²) in [5.74, 6) is -0.00397. The third kappa shape index (κ3) is 3.98. The fraction of sp³-hybridized carbons (Fsp3) is 0.188. The number of aryl methyl sites for hydroxylation is 1. The third-order valence-electron chi connectivity index (χ3n) is 3.54. The van der Waals surface area contributed by atoms with Crippen LogP contribution in [0.2, 0.25) is 15.1 Å². The maximum atomic E-state index is 12.4. The highest BCUT2D eigenvalue weighted by Gasteiger charge is 2.14. The zero-order chi connectivity index (χ0) is 18.1. The Morgan fingerprint density at radius 2 is 2.04 bits per heavy atom. The standard InChI is InChI=1S/C16H13Cl3N4OS/c1-8-14(19)9(2)23(22-8)6-10-3-13(25-7-10)16(24)21-15-12(18)4-11(17)5-20-15/h3-5,7H,6H2,1-2H3,(H,20,21,24). The molecule has 3 aromatic rings. The molecule has 0 aromatic carbocycles. The maximum Gasteiger partial charge on any atom is 0.266 e. The van der Waals surface area contributed by atoms with E-state index in [4.69, 9.17) is 34.8 Å². The Bertz CT molecular complexity index is 951. The lowest BCUT2D eigenvalue weighted by Crippen LogP contribution is -2.12. The molecule has 0 aliphatic carbocycles. The van der Waals surface area contributed by atoms with Crippen LogP contribution in [0.1, 0.15) is 26.6 Å². The van der Waals surface area contributed by atoms with Gasteiger partial charge in [0.2, 0.25) is 0 Å². The predicted molar refractivity (Wildman–Crippen MR) is 102 cm³/mol. The molecule has 3 heterocycles. The maximum absolute atomic E-state index is 12.4. The Morgan fingerprint density at radius 3 is 2.68 bits per heavy atom. The largest absolute Gasteiger partial charge is 0.305 e. The molecule has 0 atom stereocenters. The summed E-state index contributed by atoms with van der Waals surface area (Å²) in [6.07, 6.45) is 1.43. The highest BCUT2D eigenvalue weighted by Crippen LogP contribution is 2.25. The van der Waals surface area contributed by atoms with Crippen molar-refractivity contribution in [1.29, 1.82) is 0 Å². The van der Waals surface area contributed by atoms with E-state index in [0.29, 0.717) is 21.5 Å². The highest BCUT2D eigenvalue weighted by atomic mass is 35.5. The van der Waals surface area contributed by atoms with E-state index in [1.54, 1.807) is 0 Å². The van der Waals surface area contributed by atoms with Crippen molar-refractivity contribution < 1.29 is 4.79 Å². The van der Waals surface area contributed by atoms with Gasteiger partial charge in [-0.15, -0.1) is 11.3 Å². The van der Waals surface area contributed by atoms with Crippen LogP contribution in [0.25, 0.3) is 0 Å². The number of hydrogen-bond acceptors (Lipinski definition) is 4. The van der Waals surface area contributed by atoms with Crippen molar-refractivity contribution in [2.75, 3.05) is 5.32 Å². The average Bonchev–Trinajstić information content (AvgIpc) is 3.12. The van der Waals surface area contributed by atoms with Crippen molar-refractivity contribution in [3.63, 3.8) is 0 Å². The first-order valence-electron chi connectivity index (χ1n) is 7.24. The van der Waals surface area contributed by atoms with Gasteiger partial charge in [-0.25, -0.2) is 4.98 Å². The van der Waals surface area contributed by atoms with Gasteiger partial charge < -0.3 is 5.32 Å². The van der Waals surface area contributed by atoms with Gasteiger partial charge >= 0.3 is 0 Å². The molecule has 0 saturated heterocycles. The number of aromatic nitrogens is 3. The minimum absolute atomic E-state index is 0.274. The summed E-state index contributed by atoms with van der Waals surface area (Å²) in [6, 6.07) is 3.34. The number of hydrogen-bond donors (Lipinski definition) is 1. The molecular formula is C16H13Cl3N4OS. The third-order valence-corrected chi connectivity index (χ3v) is 5.56. The quantitative estimate of drug-likeness (QED) is 0.635. The molecule has 0 aliphatic heterocycles. The number of nitrogens with zero attached hydrogens (tertiary/aromatic N) is 3. The van der Waals surface area contributed by atoms with Gasteiger partial charge in [0.05, 0.1) is 37.9 Å². The second-order valence-corrected chi connectivity index (χ2v) is 7.53. The summed E-state index contributed by atoms with van der Waals surface area (Å²) in [4.78, 5) is 16.9. The summed E-state index contributed by atoms with van der Waals surface area (Å²) in [5.41, 5.74) is 2.65. The van der Waals surface area contributed by atoms with Crippen LogP contribution in [-0.2, 0) is 6.54 Å². The molecule has 0 bridgehead atoms. The van der Waals surface area contributed by atoms with Gasteiger partial charge in [-0.2, -0.15) is 5.10 Å². The number of carbonyl (C=O) groups is 1. The van der Waals surface area contributed by atoms with E-state index in [2.05, 4.69) is 15.4 Å². The Kier molecular flexibility index (Phi) is 5.34. The van der Waals surface area contributed by atoms with E-state index in [0.717, 1.165) is 17.0 Å². The van der Waals surface area contributed by atoms with Crippen molar-refractivity contribution in [3.05, 3.63) is 60.6 Å². The number of amides is 1. The van der Waals surface area contributed by atoms with E-state index in [1.807, 2.05) is 30.0 Å². The van der Waals surface area contributed by atoms with Crippen LogP contribution < -0.4 is 5.32 Å². The number of carbonyl (C=O) groups excluding carboxylic acids is 1. The van der Waals surface area contributed by atoms with Crippen LogP contribution in [0, 0.1) is 13.8 Å². The molecule has 3 rings (SSSR count). The zero-order valence-electron chi connectivity index (χ0n) is 13.3. The van der Waals surface area contributed by atoms with Crippen molar-refractivity contribution in [1.82, 2.24) is 14.8 Å². The van der Waals surface area contributed by atoms with Crippen LogP contribution in [0.15, 0.2) is 23.7 Å². The average molecular weight is 416 g/mol. The second-order valence-electron chi connectivity index (χ2n) is 5.40. The smallest absolute Gasteiger partial charge is 0.266 e. The second kappa shape index (κ2) is 7.33. The van der Waals surface area contributed by atoms with E-state index in [9.17, 15) is 4.79 Å². The van der Waals surface area contributed by atoms with E-state index in [-0.39, 0.29) is 16.7 Å². The summed E-state index contributed by atoms with van der Waals surface area (Å²) in [6.45, 7) is 4.32. The van der Waals surface area contributed by atoms with Gasteiger partial charge in [-0.05, 0) is 36.9 Å². The van der Waals surface area contributed by atoms with Gasteiger partial charge in [-0.3, -0.25) is 9.48 Å². The molecule has 5 nitrogen and oxygen atoms in total. The fourth-order valence-corrected chi connectivity index (χ4v) is 3.62. The van der Waals surface area contributed by atoms with Crippen LogP contribution in [-0.4, -0.2) is 20.7 Å². The van der Waals surface area contributed by atoms with Crippen LogP contribution in [0.4, 0.5) is 5.82 Å². The van der Waals surface area contributed by atoms with E-state index >= 15 is 0 Å². The SMILES string of the molecule is Cc1nn(Cc2csc(C(=O)Nc3ncc(Cl)cc3Cl)c2)c(C)c1Cl. The molecule has 0 spiro atoms. The van der Waals surface area contributed by atoms with E-state index < -0.39 is 0 Å². The van der Waals surface area contributed by atoms with Gasteiger partial charge in [0.15, 0.2) is 5.82 Å². The Labute approximate surface area is 163 Å². The molecular weight excluding hydrogens is 403 g/mol. The lowest BCUT2D eigenvalue weighted by atomic mass is 10.3. The Morgan fingerprint density at radius 1 is 1.28 bits per heavy atom. The number of rotatable bonds is 4. The molecule has 0 unspecified atom stereocenters. The topological polar surface area (TPSA) is 59.8 Å². The summed E-state index contributed by atoms with van der Waals surface area (Å²) in [7, 11) is 0. The van der Waals surface area contributed by atoms with Gasteiger partial charge in [-0.1, -0.05) is 34.8 Å². The van der Waals surface area contributed by atoms with Crippen molar-refractivity contribution in [2.24, 2.45) is 0 Å². The number of pyridine rings is 1. The number of halogens is 3. The van der Waals surface area contributed by atoms with Crippen LogP contribution >= 0.6 is 46.1 Å².